The molecule has 0 atom stereocenters. The van der Waals surface area contributed by atoms with Gasteiger partial charge in [0, 0.05) is 18.7 Å². The minimum atomic E-state index is -0.332. The molecule has 2 amide bonds. The van der Waals surface area contributed by atoms with Gasteiger partial charge in [0.05, 0.1) is 0 Å². The number of nitrogens with zero attached hydrogens (tertiary/aromatic N) is 3. The third-order valence-corrected chi connectivity index (χ3v) is 5.26. The van der Waals surface area contributed by atoms with Gasteiger partial charge >= 0.3 is 12.0 Å². The average Bonchev–Trinajstić information content (AvgIpc) is 3.02. The van der Waals surface area contributed by atoms with E-state index >= 15 is 0 Å². The van der Waals surface area contributed by atoms with Crippen molar-refractivity contribution in [2.45, 2.75) is 32.1 Å². The van der Waals surface area contributed by atoms with E-state index in [1.807, 2.05) is 0 Å². The smallest absolute Gasteiger partial charge is 0.325 e. The number of aromatic nitrogens is 2. The topological polar surface area (TPSA) is 71.3 Å². The Balaban J connectivity index is 1.37. The van der Waals surface area contributed by atoms with Crippen molar-refractivity contribution in [1.29, 1.82) is 0 Å². The van der Waals surface area contributed by atoms with Crippen LogP contribution >= 0.6 is 0 Å². The summed E-state index contributed by atoms with van der Waals surface area (Å²) in [4.78, 5) is 14.1. The average molecular weight is 330 g/mol. The molecule has 2 heterocycles. The lowest BCUT2D eigenvalue weighted by molar-refractivity contribution is 0.0487. The lowest BCUT2D eigenvalue weighted by Crippen LogP contribution is -2.47. The largest absolute Gasteiger partial charge is 0.403 e. The highest BCUT2D eigenvalue weighted by molar-refractivity contribution is 5.87. The van der Waals surface area contributed by atoms with Crippen molar-refractivity contribution in [3.63, 3.8) is 0 Å². The monoisotopic (exact) mass is 330 g/mol. The summed E-state index contributed by atoms with van der Waals surface area (Å²) < 4.78 is 18.4. The first-order chi connectivity index (χ1) is 11.6. The molecular formula is C17H19FN4O2. The number of carbonyl (C=O) groups is 1. The molecule has 1 aromatic carbocycles. The van der Waals surface area contributed by atoms with Crippen LogP contribution in [0.15, 0.2) is 28.7 Å². The maximum Gasteiger partial charge on any atom is 0.325 e. The normalized spacial score (nSPS) is 19.1. The van der Waals surface area contributed by atoms with Crippen molar-refractivity contribution in [2.24, 2.45) is 5.41 Å². The molecule has 7 heteroatoms. The molecule has 1 saturated carbocycles. The van der Waals surface area contributed by atoms with Gasteiger partial charge in [-0.2, -0.15) is 0 Å². The molecule has 1 aliphatic heterocycles. The lowest BCUT2D eigenvalue weighted by atomic mass is 9.63. The molecular weight excluding hydrogens is 311 g/mol. The summed E-state index contributed by atoms with van der Waals surface area (Å²) >= 11 is 0. The first kappa shape index (κ1) is 15.1. The minimum absolute atomic E-state index is 0.0586. The fourth-order valence-electron chi connectivity index (χ4n) is 3.51. The quantitative estimate of drug-likeness (QED) is 0.912. The Morgan fingerprint density at radius 2 is 1.83 bits per heavy atom. The van der Waals surface area contributed by atoms with E-state index in [1.54, 1.807) is 17.0 Å². The number of piperidine rings is 1. The SMILES string of the molecule is O=C(Nc1nnc(-c2ccc(F)cc2)o1)N1CCC2(CCC2)CC1. The fraction of sp³-hybridized carbons (Fsp3) is 0.471. The zero-order chi connectivity index (χ0) is 16.6. The van der Waals surface area contributed by atoms with Crippen LogP contribution in [0.25, 0.3) is 11.5 Å². The van der Waals surface area contributed by atoms with Crippen LogP contribution in [0.1, 0.15) is 32.1 Å². The van der Waals surface area contributed by atoms with Crippen LogP contribution in [0.2, 0.25) is 0 Å². The lowest BCUT2D eigenvalue weighted by Gasteiger charge is -2.47. The van der Waals surface area contributed by atoms with Crippen molar-refractivity contribution in [1.82, 2.24) is 15.1 Å². The summed E-state index contributed by atoms with van der Waals surface area (Å²) in [5.74, 6) is -0.0847. The summed E-state index contributed by atoms with van der Waals surface area (Å²) in [6, 6.07) is 5.60. The minimum Gasteiger partial charge on any atom is -0.403 e. The molecule has 126 valence electrons. The Kier molecular flexibility index (Phi) is 3.70. The molecule has 0 unspecified atom stereocenters. The van der Waals surface area contributed by atoms with E-state index in [0.29, 0.717) is 11.0 Å². The van der Waals surface area contributed by atoms with E-state index in [-0.39, 0.29) is 23.8 Å². The number of urea groups is 1. The van der Waals surface area contributed by atoms with Crippen LogP contribution in [-0.2, 0) is 0 Å². The highest BCUT2D eigenvalue weighted by atomic mass is 19.1. The first-order valence-corrected chi connectivity index (χ1v) is 8.29. The third-order valence-electron chi connectivity index (χ3n) is 5.26. The number of carbonyl (C=O) groups excluding carboxylic acids is 1. The van der Waals surface area contributed by atoms with Crippen molar-refractivity contribution in [3.05, 3.63) is 30.1 Å². The maximum atomic E-state index is 12.9. The van der Waals surface area contributed by atoms with Gasteiger partial charge in [-0.1, -0.05) is 11.5 Å². The maximum absolute atomic E-state index is 12.9. The molecule has 1 saturated heterocycles. The molecule has 2 fully saturated rings. The van der Waals surface area contributed by atoms with Gasteiger partial charge in [0.1, 0.15) is 5.82 Å². The number of amides is 2. The predicted molar refractivity (Wildman–Crippen MR) is 85.8 cm³/mol. The van der Waals surface area contributed by atoms with Crippen LogP contribution in [0.4, 0.5) is 15.2 Å². The highest BCUT2D eigenvalue weighted by Crippen LogP contribution is 2.48. The Labute approximate surface area is 139 Å². The molecule has 1 aromatic heterocycles. The molecule has 2 aliphatic rings. The molecule has 1 aliphatic carbocycles. The second-order valence-electron chi connectivity index (χ2n) is 6.69. The second-order valence-corrected chi connectivity index (χ2v) is 6.69. The molecule has 0 radical (unpaired) electrons. The first-order valence-electron chi connectivity index (χ1n) is 8.29. The fourth-order valence-corrected chi connectivity index (χ4v) is 3.51. The second kappa shape index (κ2) is 5.89. The van der Waals surface area contributed by atoms with Crippen molar-refractivity contribution in [3.8, 4) is 11.5 Å². The number of halogens is 1. The zero-order valence-electron chi connectivity index (χ0n) is 13.3. The highest BCUT2D eigenvalue weighted by Gasteiger charge is 2.40. The zero-order valence-corrected chi connectivity index (χ0v) is 13.3. The molecule has 4 rings (SSSR count). The molecule has 1 N–H and O–H groups in total. The van der Waals surface area contributed by atoms with E-state index in [2.05, 4.69) is 15.5 Å². The van der Waals surface area contributed by atoms with E-state index in [1.165, 1.54) is 31.4 Å². The molecule has 24 heavy (non-hydrogen) atoms. The van der Waals surface area contributed by atoms with Crippen LogP contribution in [0.5, 0.6) is 0 Å². The summed E-state index contributed by atoms with van der Waals surface area (Å²) in [5.41, 5.74) is 1.10. The Morgan fingerprint density at radius 1 is 1.12 bits per heavy atom. The van der Waals surface area contributed by atoms with Gasteiger partial charge in [0.25, 0.3) is 0 Å². The van der Waals surface area contributed by atoms with Gasteiger partial charge in [0.15, 0.2) is 0 Å². The number of likely N-dealkylation sites (tertiary alicyclic amines) is 1. The molecule has 6 nitrogen and oxygen atoms in total. The van der Waals surface area contributed by atoms with Gasteiger partial charge in [-0.15, -0.1) is 5.10 Å². The van der Waals surface area contributed by atoms with Crippen LogP contribution in [-0.4, -0.2) is 34.2 Å². The van der Waals surface area contributed by atoms with Gasteiger partial charge in [-0.25, -0.2) is 9.18 Å². The summed E-state index contributed by atoms with van der Waals surface area (Å²) in [5, 5.41) is 10.4. The molecule has 1 spiro atoms. The van der Waals surface area contributed by atoms with Crippen molar-refractivity contribution in [2.75, 3.05) is 18.4 Å². The van der Waals surface area contributed by atoms with E-state index in [4.69, 9.17) is 4.42 Å². The molecule has 0 bridgehead atoms. The van der Waals surface area contributed by atoms with E-state index in [0.717, 1.165) is 25.9 Å². The Bertz CT molecular complexity index is 729. The van der Waals surface area contributed by atoms with E-state index in [9.17, 15) is 9.18 Å². The number of rotatable bonds is 2. The van der Waals surface area contributed by atoms with Gasteiger partial charge in [-0.3, -0.25) is 5.32 Å². The number of benzene rings is 1. The van der Waals surface area contributed by atoms with Crippen LogP contribution < -0.4 is 5.32 Å². The summed E-state index contributed by atoms with van der Waals surface area (Å²) in [6.07, 6.45) is 6.07. The third kappa shape index (κ3) is 2.86. The Hall–Kier alpha value is -2.44. The Morgan fingerprint density at radius 3 is 2.46 bits per heavy atom. The van der Waals surface area contributed by atoms with Gasteiger partial charge in [0.2, 0.25) is 5.89 Å². The summed E-state index contributed by atoms with van der Waals surface area (Å²) in [7, 11) is 0. The van der Waals surface area contributed by atoms with E-state index < -0.39 is 0 Å². The van der Waals surface area contributed by atoms with Crippen molar-refractivity contribution >= 4 is 12.0 Å². The van der Waals surface area contributed by atoms with Crippen LogP contribution in [0.3, 0.4) is 0 Å². The number of hydrogen-bond donors (Lipinski definition) is 1. The van der Waals surface area contributed by atoms with Crippen molar-refractivity contribution < 1.29 is 13.6 Å². The number of hydrogen-bond acceptors (Lipinski definition) is 4. The number of anilines is 1. The van der Waals surface area contributed by atoms with Gasteiger partial charge < -0.3 is 9.32 Å². The number of nitrogens with one attached hydrogen (secondary N) is 1. The molecule has 2 aromatic rings. The van der Waals surface area contributed by atoms with Crippen LogP contribution in [0, 0.1) is 11.2 Å². The standard InChI is InChI=1S/C17H19FN4O2/c18-13-4-2-12(3-5-13)14-20-21-15(24-14)19-16(23)22-10-8-17(9-11-22)6-1-7-17/h2-5H,1,6-11H2,(H,19,21,23). The van der Waals surface area contributed by atoms with Gasteiger partial charge in [-0.05, 0) is 55.4 Å². The summed E-state index contributed by atoms with van der Waals surface area (Å²) in [6.45, 7) is 1.54. The predicted octanol–water partition coefficient (Wildman–Crippen LogP) is 3.67.